The number of hydrogen-bond acceptors (Lipinski definition) is 4. The minimum atomic E-state index is -0.278. The van der Waals surface area contributed by atoms with Crippen LogP contribution in [0.3, 0.4) is 0 Å². The Morgan fingerprint density at radius 3 is 1.46 bits per heavy atom. The Morgan fingerprint density at radius 1 is 0.692 bits per heavy atom. The molecule has 2 heterocycles. The molecule has 0 aliphatic rings. The van der Waals surface area contributed by atoms with Crippen LogP contribution in [0.15, 0.2) is 82.0 Å². The summed E-state index contributed by atoms with van der Waals surface area (Å²) < 4.78 is 10.2. The summed E-state index contributed by atoms with van der Waals surface area (Å²) in [6.45, 7) is 0. The fraction of sp³-hybridized carbons (Fsp3) is 0. The Balaban J connectivity index is 1.51. The molecule has 2 N–H and O–H groups in total. The Labute approximate surface area is 149 Å². The smallest absolute Gasteiger partial charge is 0.248 e. The molecule has 26 heavy (non-hydrogen) atoms. The molecule has 1 aromatic carbocycles. The molecule has 0 saturated carbocycles. The van der Waals surface area contributed by atoms with Crippen molar-refractivity contribution in [1.82, 2.24) is 0 Å². The second kappa shape index (κ2) is 8.34. The highest BCUT2D eigenvalue weighted by atomic mass is 16.3. The van der Waals surface area contributed by atoms with Crippen LogP contribution in [0.4, 0.5) is 11.4 Å². The van der Waals surface area contributed by atoms with Gasteiger partial charge in [0.2, 0.25) is 11.8 Å². The maximum Gasteiger partial charge on any atom is 0.248 e. The number of benzene rings is 1. The molecule has 130 valence electrons. The Morgan fingerprint density at radius 2 is 1.12 bits per heavy atom. The van der Waals surface area contributed by atoms with Crippen molar-refractivity contribution in [3.8, 4) is 0 Å². The first-order valence-corrected chi connectivity index (χ1v) is 7.84. The summed E-state index contributed by atoms with van der Waals surface area (Å²) in [5, 5.41) is 5.44. The van der Waals surface area contributed by atoms with Gasteiger partial charge in [0, 0.05) is 23.5 Å². The Bertz CT molecular complexity index is 828. The van der Waals surface area contributed by atoms with Crippen LogP contribution in [-0.4, -0.2) is 11.8 Å². The van der Waals surface area contributed by atoms with Gasteiger partial charge in [-0.25, -0.2) is 0 Å². The molecule has 0 bridgehead atoms. The molecule has 6 nitrogen and oxygen atoms in total. The van der Waals surface area contributed by atoms with E-state index < -0.39 is 0 Å². The second-order valence-corrected chi connectivity index (χ2v) is 5.25. The second-order valence-electron chi connectivity index (χ2n) is 5.25. The van der Waals surface area contributed by atoms with E-state index in [0.717, 1.165) is 0 Å². The van der Waals surface area contributed by atoms with Gasteiger partial charge in [-0.2, -0.15) is 0 Å². The number of hydrogen-bond donors (Lipinski definition) is 2. The van der Waals surface area contributed by atoms with Crippen molar-refractivity contribution in [2.45, 2.75) is 0 Å². The van der Waals surface area contributed by atoms with E-state index in [4.69, 9.17) is 8.83 Å². The zero-order valence-corrected chi connectivity index (χ0v) is 13.7. The zero-order valence-electron chi connectivity index (χ0n) is 13.7. The normalized spacial score (nSPS) is 11.1. The molecule has 2 aromatic heterocycles. The van der Waals surface area contributed by atoms with E-state index in [0.29, 0.717) is 22.9 Å². The van der Waals surface area contributed by atoms with Gasteiger partial charge in [0.15, 0.2) is 0 Å². The molecule has 0 aliphatic carbocycles. The van der Waals surface area contributed by atoms with Gasteiger partial charge in [0.25, 0.3) is 0 Å². The maximum absolute atomic E-state index is 11.8. The van der Waals surface area contributed by atoms with Crippen molar-refractivity contribution in [1.29, 1.82) is 0 Å². The fourth-order valence-corrected chi connectivity index (χ4v) is 2.09. The summed E-state index contributed by atoms with van der Waals surface area (Å²) in [5.74, 6) is 0.640. The highest BCUT2D eigenvalue weighted by molar-refractivity contribution is 6.03. The van der Waals surface area contributed by atoms with Gasteiger partial charge in [-0.3, -0.25) is 9.59 Å². The topological polar surface area (TPSA) is 84.5 Å². The molecular formula is C20H16N2O4. The number of carbonyl (C=O) groups excluding carboxylic acids is 2. The van der Waals surface area contributed by atoms with E-state index >= 15 is 0 Å². The largest absolute Gasteiger partial charge is 0.465 e. The monoisotopic (exact) mass is 348 g/mol. The highest BCUT2D eigenvalue weighted by Gasteiger charge is 2.01. The third-order valence-corrected chi connectivity index (χ3v) is 3.30. The van der Waals surface area contributed by atoms with Crippen LogP contribution < -0.4 is 10.6 Å². The minimum absolute atomic E-state index is 0.278. The van der Waals surface area contributed by atoms with Crippen LogP contribution in [-0.2, 0) is 9.59 Å². The number of nitrogens with one attached hydrogen (secondary N) is 2. The van der Waals surface area contributed by atoms with Crippen molar-refractivity contribution >= 4 is 35.3 Å². The molecule has 2 amide bonds. The first-order chi connectivity index (χ1) is 12.7. The summed E-state index contributed by atoms with van der Waals surface area (Å²) in [6.07, 6.45) is 9.00. The molecule has 6 heteroatoms. The fourth-order valence-electron chi connectivity index (χ4n) is 2.09. The van der Waals surface area contributed by atoms with Crippen LogP contribution >= 0.6 is 0 Å². The maximum atomic E-state index is 11.8. The number of amides is 2. The SMILES string of the molecule is O=C(C=Cc1ccco1)Nc1ccc(NC(=O)C=Cc2ccco2)cc1. The molecule has 0 spiro atoms. The molecule has 0 unspecified atom stereocenters. The Hall–Kier alpha value is -3.80. The number of anilines is 2. The van der Waals surface area contributed by atoms with E-state index in [-0.39, 0.29) is 11.8 Å². The van der Waals surface area contributed by atoms with Crippen molar-refractivity contribution in [3.05, 3.63) is 84.7 Å². The van der Waals surface area contributed by atoms with Crippen LogP contribution in [0.1, 0.15) is 11.5 Å². The van der Waals surface area contributed by atoms with Crippen LogP contribution in [0.25, 0.3) is 12.2 Å². The van der Waals surface area contributed by atoms with Gasteiger partial charge in [-0.05, 0) is 60.7 Å². The third kappa shape index (κ3) is 5.10. The van der Waals surface area contributed by atoms with Gasteiger partial charge in [0.1, 0.15) is 11.5 Å². The lowest BCUT2D eigenvalue weighted by atomic mass is 10.2. The van der Waals surface area contributed by atoms with Crippen molar-refractivity contribution in [2.24, 2.45) is 0 Å². The zero-order chi connectivity index (χ0) is 18.2. The highest BCUT2D eigenvalue weighted by Crippen LogP contribution is 2.14. The lowest BCUT2D eigenvalue weighted by Crippen LogP contribution is -2.09. The van der Waals surface area contributed by atoms with E-state index in [2.05, 4.69) is 10.6 Å². The molecule has 0 saturated heterocycles. The van der Waals surface area contributed by atoms with Crippen molar-refractivity contribution in [3.63, 3.8) is 0 Å². The predicted molar refractivity (Wildman–Crippen MR) is 99.2 cm³/mol. The van der Waals surface area contributed by atoms with E-state index in [9.17, 15) is 9.59 Å². The van der Waals surface area contributed by atoms with Gasteiger partial charge in [-0.15, -0.1) is 0 Å². The van der Waals surface area contributed by atoms with E-state index in [1.54, 1.807) is 60.7 Å². The van der Waals surface area contributed by atoms with Gasteiger partial charge in [-0.1, -0.05) is 0 Å². The molecule has 0 aliphatic heterocycles. The third-order valence-electron chi connectivity index (χ3n) is 3.30. The molecule has 3 aromatic rings. The average Bonchev–Trinajstić information content (AvgIpc) is 3.34. The van der Waals surface area contributed by atoms with Crippen molar-refractivity contribution < 1.29 is 18.4 Å². The van der Waals surface area contributed by atoms with Gasteiger partial charge < -0.3 is 19.5 Å². The van der Waals surface area contributed by atoms with Crippen molar-refractivity contribution in [2.75, 3.05) is 10.6 Å². The minimum Gasteiger partial charge on any atom is -0.465 e. The quantitative estimate of drug-likeness (QED) is 0.655. The van der Waals surface area contributed by atoms with E-state index in [1.165, 1.54) is 24.7 Å². The predicted octanol–water partition coefficient (Wildman–Crippen LogP) is 4.18. The first kappa shape index (κ1) is 17.0. The lowest BCUT2D eigenvalue weighted by Gasteiger charge is -2.05. The molecule has 0 fully saturated rings. The summed E-state index contributed by atoms with van der Waals surface area (Å²) in [6, 6.07) is 13.8. The van der Waals surface area contributed by atoms with Crippen LogP contribution in [0.2, 0.25) is 0 Å². The lowest BCUT2D eigenvalue weighted by molar-refractivity contribution is -0.112. The standard InChI is InChI=1S/C20H16N2O4/c23-19(11-9-17-3-1-13-25-17)21-15-5-7-16(8-6-15)22-20(24)12-10-18-4-2-14-26-18/h1-14H,(H,21,23)(H,22,24). The molecular weight excluding hydrogens is 332 g/mol. The van der Waals surface area contributed by atoms with Gasteiger partial charge in [0.05, 0.1) is 12.5 Å². The summed E-state index contributed by atoms with van der Waals surface area (Å²) in [4.78, 5) is 23.7. The Kier molecular flexibility index (Phi) is 5.47. The first-order valence-electron chi connectivity index (χ1n) is 7.84. The number of carbonyl (C=O) groups is 2. The van der Waals surface area contributed by atoms with Crippen LogP contribution in [0, 0.1) is 0 Å². The summed E-state index contributed by atoms with van der Waals surface area (Å²) in [5.41, 5.74) is 1.23. The van der Waals surface area contributed by atoms with Crippen LogP contribution in [0.5, 0.6) is 0 Å². The molecule has 3 rings (SSSR count). The summed E-state index contributed by atoms with van der Waals surface area (Å²) >= 11 is 0. The summed E-state index contributed by atoms with van der Waals surface area (Å²) in [7, 11) is 0. The van der Waals surface area contributed by atoms with E-state index in [1.807, 2.05) is 0 Å². The van der Waals surface area contributed by atoms with Gasteiger partial charge >= 0.3 is 0 Å². The molecule has 0 atom stereocenters. The average molecular weight is 348 g/mol. The number of rotatable bonds is 6. The molecule has 0 radical (unpaired) electrons. The number of furan rings is 2.